The van der Waals surface area contributed by atoms with Gasteiger partial charge in [0.2, 0.25) is 0 Å². The molecule has 0 fully saturated rings. The van der Waals surface area contributed by atoms with E-state index in [1.54, 1.807) is 7.05 Å². The fraction of sp³-hybridized carbons (Fsp3) is 0.611. The van der Waals surface area contributed by atoms with Crippen molar-refractivity contribution >= 4 is 0 Å². The summed E-state index contributed by atoms with van der Waals surface area (Å²) in [7, 11) is 1.70. The largest absolute Gasteiger partial charge is 2.00 e. The molecule has 0 unspecified atom stereocenters. The number of nitrogens with zero attached hydrogens (tertiary/aromatic N) is 1. The number of hydrogen-bond acceptors (Lipinski definition) is 1. The van der Waals surface area contributed by atoms with Crippen LogP contribution in [0.4, 0.5) is 0 Å². The van der Waals surface area contributed by atoms with E-state index in [0.29, 0.717) is 0 Å². The summed E-state index contributed by atoms with van der Waals surface area (Å²) < 4.78 is 0. The predicted molar refractivity (Wildman–Crippen MR) is 91.7 cm³/mol. The zero-order valence-corrected chi connectivity index (χ0v) is 17.2. The van der Waals surface area contributed by atoms with E-state index in [0.717, 1.165) is 0 Å². The first kappa shape index (κ1) is 25.7. The smallest absolute Gasteiger partial charge is 0.658 e. The van der Waals surface area contributed by atoms with Gasteiger partial charge < -0.3 is 17.8 Å². The van der Waals surface area contributed by atoms with Gasteiger partial charge in [-0.1, -0.05) is 13.8 Å². The summed E-state index contributed by atoms with van der Waals surface area (Å²) in [6.07, 6.45) is 0. The standard InChI is InChI=1S/C12H18.C5H12NO.CH3.Ru/c1-7-8(2)10(4)12(6)11(5)9(7)3;1-5(2,4-7)6-3;;/h1-6H3;7H,4H2,1-3H3;1H3;/q;2*-1;+2. The van der Waals surface area contributed by atoms with Gasteiger partial charge in [0.1, 0.15) is 0 Å². The van der Waals surface area contributed by atoms with Gasteiger partial charge in [-0.05, 0) is 74.9 Å². The molecule has 0 aliphatic rings. The van der Waals surface area contributed by atoms with Crippen LogP contribution in [0.15, 0.2) is 0 Å². The number of likely N-dealkylation sites (N-methyl/N-ethyl adjacent to an activating group) is 1. The van der Waals surface area contributed by atoms with Crippen molar-refractivity contribution in [3.8, 4) is 0 Å². The van der Waals surface area contributed by atoms with Gasteiger partial charge in [-0.3, -0.25) is 0 Å². The van der Waals surface area contributed by atoms with Gasteiger partial charge in [0.25, 0.3) is 0 Å². The van der Waals surface area contributed by atoms with Crippen molar-refractivity contribution in [2.45, 2.75) is 60.9 Å². The van der Waals surface area contributed by atoms with Gasteiger partial charge in [0.15, 0.2) is 0 Å². The fourth-order valence-corrected chi connectivity index (χ4v) is 1.76. The van der Waals surface area contributed by atoms with Crippen LogP contribution in [0.1, 0.15) is 47.2 Å². The van der Waals surface area contributed by atoms with Crippen LogP contribution in [0.2, 0.25) is 0 Å². The van der Waals surface area contributed by atoms with Crippen LogP contribution in [0.25, 0.3) is 5.32 Å². The number of aliphatic hydroxyl groups is 1. The third-order valence-electron chi connectivity index (χ3n) is 4.37. The second-order valence-electron chi connectivity index (χ2n) is 5.94. The predicted octanol–water partition coefficient (Wildman–Crippen LogP) is 4.75. The summed E-state index contributed by atoms with van der Waals surface area (Å²) in [4.78, 5) is 0. The topological polar surface area (TPSA) is 34.3 Å². The van der Waals surface area contributed by atoms with E-state index >= 15 is 0 Å². The molecule has 0 bridgehead atoms. The quantitative estimate of drug-likeness (QED) is 0.583. The van der Waals surface area contributed by atoms with E-state index in [4.69, 9.17) is 5.11 Å². The minimum absolute atomic E-state index is 0. The zero-order chi connectivity index (χ0) is 15.4. The van der Waals surface area contributed by atoms with Crippen LogP contribution in [-0.2, 0) is 19.5 Å². The Morgan fingerprint density at radius 3 is 1.00 bits per heavy atom. The summed E-state index contributed by atoms with van der Waals surface area (Å²) in [5.74, 6) is 0. The van der Waals surface area contributed by atoms with Crippen LogP contribution in [0.5, 0.6) is 0 Å². The van der Waals surface area contributed by atoms with Gasteiger partial charge in [0.05, 0.1) is 0 Å². The van der Waals surface area contributed by atoms with Crippen molar-refractivity contribution in [2.75, 3.05) is 13.7 Å². The van der Waals surface area contributed by atoms with Gasteiger partial charge in [0, 0.05) is 6.61 Å². The summed E-state index contributed by atoms with van der Waals surface area (Å²) in [6, 6.07) is 0. The molecule has 1 rings (SSSR count). The molecule has 3 heteroatoms. The number of rotatable bonds is 2. The molecule has 1 aromatic carbocycles. The van der Waals surface area contributed by atoms with Gasteiger partial charge >= 0.3 is 19.5 Å². The Morgan fingerprint density at radius 2 is 0.952 bits per heavy atom. The molecule has 0 heterocycles. The molecule has 0 aliphatic carbocycles. The fourth-order valence-electron chi connectivity index (χ4n) is 1.76. The van der Waals surface area contributed by atoms with E-state index in [2.05, 4.69) is 46.9 Å². The summed E-state index contributed by atoms with van der Waals surface area (Å²) in [6.45, 7) is 17.2. The van der Waals surface area contributed by atoms with Gasteiger partial charge in [-0.25, -0.2) is 0 Å². The first-order valence-corrected chi connectivity index (χ1v) is 6.84. The minimum atomic E-state index is -0.236. The Hall–Kier alpha value is -0.237. The third-order valence-corrected chi connectivity index (χ3v) is 4.37. The molecule has 1 N–H and O–H groups in total. The normalized spacial score (nSPS) is 10.0. The van der Waals surface area contributed by atoms with Crippen LogP contribution in [0, 0.1) is 49.0 Å². The van der Waals surface area contributed by atoms with Crippen molar-refractivity contribution in [1.29, 1.82) is 0 Å². The van der Waals surface area contributed by atoms with Crippen LogP contribution in [0.3, 0.4) is 0 Å². The first-order chi connectivity index (χ1) is 8.59. The molecule has 21 heavy (non-hydrogen) atoms. The van der Waals surface area contributed by atoms with Crippen molar-refractivity contribution in [1.82, 2.24) is 0 Å². The molecule has 0 aromatic heterocycles. The molecule has 124 valence electrons. The van der Waals surface area contributed by atoms with Crippen molar-refractivity contribution < 1.29 is 24.6 Å². The van der Waals surface area contributed by atoms with Gasteiger partial charge in [-0.15, -0.1) is 5.54 Å². The second-order valence-corrected chi connectivity index (χ2v) is 5.94. The molecule has 0 saturated heterocycles. The Bertz CT molecular complexity index is 328. The van der Waals surface area contributed by atoms with Crippen LogP contribution in [-0.4, -0.2) is 24.3 Å². The third kappa shape index (κ3) is 7.04. The van der Waals surface area contributed by atoms with E-state index in [-0.39, 0.29) is 39.1 Å². The summed E-state index contributed by atoms with van der Waals surface area (Å²) >= 11 is 0. The maximum absolute atomic E-state index is 8.50. The number of benzene rings is 1. The molecule has 0 atom stereocenters. The van der Waals surface area contributed by atoms with E-state index in [1.807, 2.05) is 13.8 Å². The van der Waals surface area contributed by atoms with Crippen molar-refractivity contribution in [3.05, 3.63) is 46.1 Å². The minimum Gasteiger partial charge on any atom is -0.658 e. The monoisotopic (exact) mass is 381 g/mol. The van der Waals surface area contributed by atoms with E-state index in [1.165, 1.54) is 33.4 Å². The molecule has 1 aromatic rings. The number of hydrogen-bond donors (Lipinski definition) is 1. The molecule has 0 saturated carbocycles. The zero-order valence-electron chi connectivity index (χ0n) is 15.5. The SMILES string of the molecule is C[N-]C(C)(C)CO.Cc1c(C)c(C)c(C)c(C)c1C.[CH3-].[Ru+2]. The molecule has 0 spiro atoms. The van der Waals surface area contributed by atoms with Crippen molar-refractivity contribution in [3.63, 3.8) is 0 Å². The summed E-state index contributed by atoms with van der Waals surface area (Å²) in [5, 5.41) is 12.4. The maximum Gasteiger partial charge on any atom is 2.00 e. The van der Waals surface area contributed by atoms with Crippen molar-refractivity contribution in [2.24, 2.45) is 0 Å². The molecular weight excluding hydrogens is 347 g/mol. The summed E-state index contributed by atoms with van der Waals surface area (Å²) in [5.41, 5.74) is 8.49. The van der Waals surface area contributed by atoms with Crippen LogP contribution < -0.4 is 0 Å². The van der Waals surface area contributed by atoms with E-state index in [9.17, 15) is 0 Å². The second kappa shape index (κ2) is 10.5. The number of aliphatic hydroxyl groups excluding tert-OH is 1. The molecule has 2 nitrogen and oxygen atoms in total. The maximum atomic E-state index is 8.50. The first-order valence-electron chi connectivity index (χ1n) is 6.84. The molecular formula is C18H33NORu. The average Bonchev–Trinajstić information content (AvgIpc) is 2.41. The molecule has 0 amide bonds. The van der Waals surface area contributed by atoms with E-state index < -0.39 is 0 Å². The Morgan fingerprint density at radius 1 is 0.762 bits per heavy atom. The van der Waals surface area contributed by atoms with Gasteiger partial charge in [-0.2, -0.15) is 7.05 Å². The molecule has 0 radical (unpaired) electrons. The van der Waals surface area contributed by atoms with Crippen LogP contribution >= 0.6 is 0 Å². The Balaban J connectivity index is -0.000000317. The molecule has 0 aliphatic heterocycles. The Kier molecular flexibility index (Phi) is 12.8. The Labute approximate surface area is 145 Å². The average molecular weight is 381 g/mol.